The lowest BCUT2D eigenvalue weighted by Gasteiger charge is -2.07. The molecular formula is C16H20N2O5S. The Morgan fingerprint density at radius 2 is 2.00 bits per heavy atom. The van der Waals surface area contributed by atoms with Crippen molar-refractivity contribution in [1.29, 1.82) is 0 Å². The lowest BCUT2D eigenvalue weighted by molar-refractivity contribution is -0.121. The summed E-state index contributed by atoms with van der Waals surface area (Å²) >= 11 is 0. The van der Waals surface area contributed by atoms with E-state index in [-0.39, 0.29) is 10.8 Å². The van der Waals surface area contributed by atoms with Crippen LogP contribution >= 0.6 is 0 Å². The van der Waals surface area contributed by atoms with Crippen molar-refractivity contribution in [3.8, 4) is 5.75 Å². The van der Waals surface area contributed by atoms with Crippen molar-refractivity contribution in [1.82, 2.24) is 10.5 Å². The fraction of sp³-hybridized carbons (Fsp3) is 0.375. The van der Waals surface area contributed by atoms with E-state index in [0.717, 1.165) is 11.9 Å². The molecule has 0 aliphatic rings. The van der Waals surface area contributed by atoms with E-state index in [4.69, 9.17) is 9.26 Å². The van der Waals surface area contributed by atoms with Gasteiger partial charge in [0.05, 0.1) is 23.7 Å². The molecule has 8 heteroatoms. The summed E-state index contributed by atoms with van der Waals surface area (Å²) in [7, 11) is -3.20. The molecule has 1 N–H and O–H groups in total. The second-order valence-corrected chi connectivity index (χ2v) is 7.42. The molecule has 0 atom stereocenters. The van der Waals surface area contributed by atoms with Crippen LogP contribution in [-0.4, -0.2) is 32.3 Å². The number of aromatic nitrogens is 1. The Balaban J connectivity index is 1.66. The van der Waals surface area contributed by atoms with Crippen molar-refractivity contribution < 1.29 is 22.5 Å². The average molecular weight is 352 g/mol. The number of ether oxygens (including phenoxy) is 1. The second kappa shape index (κ2) is 7.96. The molecule has 0 radical (unpaired) electrons. The number of nitrogens with one attached hydrogen (secondary N) is 1. The van der Waals surface area contributed by atoms with Crippen molar-refractivity contribution in [2.45, 2.75) is 31.2 Å². The monoisotopic (exact) mass is 352 g/mol. The number of carbonyl (C=O) groups excluding carboxylic acids is 1. The fourth-order valence-corrected chi connectivity index (χ4v) is 2.61. The van der Waals surface area contributed by atoms with Crippen LogP contribution in [0.3, 0.4) is 0 Å². The van der Waals surface area contributed by atoms with E-state index in [1.165, 1.54) is 12.1 Å². The first-order chi connectivity index (χ1) is 11.3. The van der Waals surface area contributed by atoms with E-state index in [2.05, 4.69) is 10.5 Å². The zero-order valence-corrected chi connectivity index (χ0v) is 14.4. The van der Waals surface area contributed by atoms with E-state index in [1.807, 2.05) is 6.92 Å². The zero-order chi connectivity index (χ0) is 17.6. The summed E-state index contributed by atoms with van der Waals surface area (Å²) in [4.78, 5) is 11.9. The highest BCUT2D eigenvalue weighted by molar-refractivity contribution is 7.90. The zero-order valence-electron chi connectivity index (χ0n) is 13.6. The minimum absolute atomic E-state index is 0.0972. The van der Waals surface area contributed by atoms with E-state index in [0.29, 0.717) is 37.5 Å². The number of nitrogens with zero attached hydrogens (tertiary/aromatic N) is 1. The summed E-state index contributed by atoms with van der Waals surface area (Å²) in [5.41, 5.74) is 0.773. The Kier molecular flexibility index (Phi) is 5.97. The highest BCUT2D eigenvalue weighted by Crippen LogP contribution is 2.16. The third-order valence-electron chi connectivity index (χ3n) is 3.21. The lowest BCUT2D eigenvalue weighted by atomic mass is 10.3. The van der Waals surface area contributed by atoms with Crippen LogP contribution < -0.4 is 10.1 Å². The van der Waals surface area contributed by atoms with Crippen LogP contribution in [0.25, 0.3) is 0 Å². The Bertz CT molecular complexity index is 781. The molecule has 24 heavy (non-hydrogen) atoms. The van der Waals surface area contributed by atoms with Crippen LogP contribution in [0.4, 0.5) is 0 Å². The van der Waals surface area contributed by atoms with Gasteiger partial charge in [-0.25, -0.2) is 8.42 Å². The molecule has 1 aromatic carbocycles. The minimum Gasteiger partial charge on any atom is -0.494 e. The van der Waals surface area contributed by atoms with Crippen molar-refractivity contribution in [3.63, 3.8) is 0 Å². The molecule has 2 aromatic rings. The number of rotatable bonds is 8. The van der Waals surface area contributed by atoms with Gasteiger partial charge in [0, 0.05) is 18.7 Å². The Morgan fingerprint density at radius 3 is 2.58 bits per heavy atom. The smallest absolute Gasteiger partial charge is 0.220 e. The number of amides is 1. The molecule has 0 fully saturated rings. The molecule has 0 spiro atoms. The van der Waals surface area contributed by atoms with Gasteiger partial charge >= 0.3 is 0 Å². The third kappa shape index (κ3) is 5.69. The SMILES string of the molecule is Cc1cc(CNC(=O)CCCOc2ccc(S(C)(=O)=O)cc2)on1. The van der Waals surface area contributed by atoms with Crippen molar-refractivity contribution in [2.24, 2.45) is 0 Å². The van der Waals surface area contributed by atoms with Gasteiger partial charge in [-0.05, 0) is 37.6 Å². The quantitative estimate of drug-likeness (QED) is 0.728. The summed E-state index contributed by atoms with van der Waals surface area (Å²) in [6.07, 6.45) is 2.03. The van der Waals surface area contributed by atoms with Gasteiger partial charge in [-0.1, -0.05) is 5.16 Å². The van der Waals surface area contributed by atoms with Crippen molar-refractivity contribution in [2.75, 3.05) is 12.9 Å². The second-order valence-electron chi connectivity index (χ2n) is 5.41. The normalized spacial score (nSPS) is 11.2. The first-order valence-electron chi connectivity index (χ1n) is 7.46. The van der Waals surface area contributed by atoms with Gasteiger partial charge in [-0.15, -0.1) is 0 Å². The first kappa shape index (κ1) is 18.0. The topological polar surface area (TPSA) is 98.5 Å². The highest BCUT2D eigenvalue weighted by Gasteiger charge is 2.07. The summed E-state index contributed by atoms with van der Waals surface area (Å²) in [6, 6.07) is 7.96. The first-order valence-corrected chi connectivity index (χ1v) is 9.35. The highest BCUT2D eigenvalue weighted by atomic mass is 32.2. The Hall–Kier alpha value is -2.35. The van der Waals surface area contributed by atoms with Gasteiger partial charge in [0.2, 0.25) is 5.91 Å². The van der Waals surface area contributed by atoms with Crippen LogP contribution in [0.5, 0.6) is 5.75 Å². The molecule has 0 bridgehead atoms. The van der Waals surface area contributed by atoms with Gasteiger partial charge in [-0.2, -0.15) is 0 Å². The predicted octanol–water partition coefficient (Wildman–Crippen LogP) is 1.86. The van der Waals surface area contributed by atoms with Gasteiger partial charge in [0.15, 0.2) is 15.6 Å². The number of carbonyl (C=O) groups is 1. The number of sulfone groups is 1. The molecule has 7 nitrogen and oxygen atoms in total. The molecular weight excluding hydrogens is 332 g/mol. The summed E-state index contributed by atoms with van der Waals surface area (Å²) in [5, 5.41) is 6.48. The van der Waals surface area contributed by atoms with Gasteiger partial charge < -0.3 is 14.6 Å². The van der Waals surface area contributed by atoms with Gasteiger partial charge in [0.1, 0.15) is 5.75 Å². The molecule has 0 saturated heterocycles. The predicted molar refractivity (Wildman–Crippen MR) is 87.4 cm³/mol. The van der Waals surface area contributed by atoms with E-state index < -0.39 is 9.84 Å². The summed E-state index contributed by atoms with van der Waals surface area (Å²) in [5.74, 6) is 1.09. The molecule has 1 aromatic heterocycles. The standard InChI is InChI=1S/C16H20N2O5S/c1-12-10-14(23-18-12)11-17-16(19)4-3-9-22-13-5-7-15(8-6-13)24(2,20)21/h5-8,10H,3-4,9,11H2,1-2H3,(H,17,19). The molecule has 2 rings (SSSR count). The van der Waals surface area contributed by atoms with Crippen LogP contribution in [0, 0.1) is 6.92 Å². The molecule has 0 saturated carbocycles. The molecule has 1 heterocycles. The lowest BCUT2D eigenvalue weighted by Crippen LogP contribution is -2.22. The number of benzene rings is 1. The van der Waals surface area contributed by atoms with Crippen LogP contribution in [0.1, 0.15) is 24.3 Å². The summed E-state index contributed by atoms with van der Waals surface area (Å²) < 4.78 is 33.2. The largest absolute Gasteiger partial charge is 0.494 e. The average Bonchev–Trinajstić information content (AvgIpc) is 2.95. The van der Waals surface area contributed by atoms with Crippen LogP contribution in [0.2, 0.25) is 0 Å². The number of aryl methyl sites for hydroxylation is 1. The molecule has 1 amide bonds. The third-order valence-corrected chi connectivity index (χ3v) is 4.33. The Morgan fingerprint density at radius 1 is 1.29 bits per heavy atom. The minimum atomic E-state index is -3.20. The fourth-order valence-electron chi connectivity index (χ4n) is 1.98. The molecule has 130 valence electrons. The van der Waals surface area contributed by atoms with Gasteiger partial charge in [-0.3, -0.25) is 4.79 Å². The van der Waals surface area contributed by atoms with Crippen LogP contribution in [-0.2, 0) is 21.2 Å². The van der Waals surface area contributed by atoms with E-state index >= 15 is 0 Å². The van der Waals surface area contributed by atoms with E-state index in [9.17, 15) is 13.2 Å². The van der Waals surface area contributed by atoms with Crippen molar-refractivity contribution >= 4 is 15.7 Å². The number of hydrogen-bond acceptors (Lipinski definition) is 6. The summed E-state index contributed by atoms with van der Waals surface area (Å²) in [6.45, 7) is 2.50. The maximum absolute atomic E-state index is 11.7. The maximum atomic E-state index is 11.7. The maximum Gasteiger partial charge on any atom is 0.220 e. The van der Waals surface area contributed by atoms with Crippen molar-refractivity contribution in [3.05, 3.63) is 41.8 Å². The van der Waals surface area contributed by atoms with Crippen LogP contribution in [0.15, 0.2) is 39.8 Å². The Labute approximate surface area is 140 Å². The molecule has 0 aliphatic heterocycles. The van der Waals surface area contributed by atoms with E-state index in [1.54, 1.807) is 18.2 Å². The molecule has 0 aliphatic carbocycles. The molecule has 0 unspecified atom stereocenters. The number of hydrogen-bond donors (Lipinski definition) is 1. The van der Waals surface area contributed by atoms with Gasteiger partial charge in [0.25, 0.3) is 0 Å².